The van der Waals surface area contributed by atoms with E-state index in [-0.39, 0.29) is 18.6 Å². The molecule has 0 aromatic carbocycles. The van der Waals surface area contributed by atoms with E-state index in [1.165, 1.54) is 7.11 Å². The van der Waals surface area contributed by atoms with Crippen LogP contribution in [0.3, 0.4) is 0 Å². The number of hydrogen-bond acceptors (Lipinski definition) is 8. The first-order valence-electron chi connectivity index (χ1n) is 4.41. The quantitative estimate of drug-likeness (QED) is 0.269. The number of nitrogens with one attached hydrogen (secondary N) is 2. The zero-order valence-corrected chi connectivity index (χ0v) is 8.40. The van der Waals surface area contributed by atoms with Gasteiger partial charge < -0.3 is 15.2 Å². The van der Waals surface area contributed by atoms with Gasteiger partial charge in [-0.05, 0) is 6.42 Å². The third kappa shape index (κ3) is 3.52. The summed E-state index contributed by atoms with van der Waals surface area (Å²) < 4.78 is 4.86. The number of aromatic nitrogens is 3. The summed E-state index contributed by atoms with van der Waals surface area (Å²) in [6, 6.07) is 0.171. The first-order valence-corrected chi connectivity index (χ1v) is 4.41. The number of aliphatic hydroxyl groups is 1. The van der Waals surface area contributed by atoms with Crippen LogP contribution in [-0.2, 0) is 0 Å². The number of methoxy groups -OCH3 is 1. The minimum Gasteiger partial charge on any atom is -0.467 e. The number of nitrogen functional groups attached to an aromatic ring is 1. The van der Waals surface area contributed by atoms with Crippen molar-refractivity contribution >= 4 is 11.9 Å². The van der Waals surface area contributed by atoms with Crippen molar-refractivity contribution in [1.29, 1.82) is 0 Å². The Bertz CT molecular complexity index is 285. The molecule has 0 unspecified atom stereocenters. The predicted molar refractivity (Wildman–Crippen MR) is 54.4 cm³/mol. The van der Waals surface area contributed by atoms with Crippen LogP contribution in [0.25, 0.3) is 0 Å². The van der Waals surface area contributed by atoms with E-state index in [1.807, 2.05) is 0 Å². The molecule has 5 N–H and O–H groups in total. The van der Waals surface area contributed by atoms with E-state index in [9.17, 15) is 0 Å². The highest BCUT2D eigenvalue weighted by atomic mass is 16.5. The van der Waals surface area contributed by atoms with Gasteiger partial charge in [0.15, 0.2) is 0 Å². The smallest absolute Gasteiger partial charge is 0.322 e. The molecule has 0 saturated carbocycles. The minimum atomic E-state index is 0.108. The summed E-state index contributed by atoms with van der Waals surface area (Å²) in [5, 5.41) is 11.5. The van der Waals surface area contributed by atoms with Crippen LogP contribution in [0.5, 0.6) is 6.01 Å². The summed E-state index contributed by atoms with van der Waals surface area (Å²) in [6.07, 6.45) is 0.611. The SMILES string of the molecule is COc1nc(NN)nc(NCCCO)n1. The highest BCUT2D eigenvalue weighted by Crippen LogP contribution is 2.09. The first-order chi connectivity index (χ1) is 7.30. The summed E-state index contributed by atoms with van der Waals surface area (Å²) in [7, 11) is 1.45. The van der Waals surface area contributed by atoms with Gasteiger partial charge in [-0.3, -0.25) is 5.43 Å². The maximum absolute atomic E-state index is 8.60. The Morgan fingerprint density at radius 3 is 2.67 bits per heavy atom. The minimum absolute atomic E-state index is 0.108. The van der Waals surface area contributed by atoms with Gasteiger partial charge in [-0.2, -0.15) is 15.0 Å². The summed E-state index contributed by atoms with van der Waals surface area (Å²) in [5.41, 5.74) is 2.30. The zero-order chi connectivity index (χ0) is 11.1. The molecule has 1 aromatic rings. The van der Waals surface area contributed by atoms with Gasteiger partial charge in [0.05, 0.1) is 7.11 Å². The molecule has 1 heterocycles. The third-order valence-corrected chi connectivity index (χ3v) is 1.54. The number of hydrazine groups is 1. The van der Waals surface area contributed by atoms with Crippen molar-refractivity contribution in [2.45, 2.75) is 6.42 Å². The molecule has 84 valence electrons. The van der Waals surface area contributed by atoms with E-state index in [2.05, 4.69) is 25.7 Å². The summed E-state index contributed by atoms with van der Waals surface area (Å²) in [4.78, 5) is 11.7. The third-order valence-electron chi connectivity index (χ3n) is 1.54. The number of aliphatic hydroxyl groups excluding tert-OH is 1. The van der Waals surface area contributed by atoms with E-state index >= 15 is 0 Å². The lowest BCUT2D eigenvalue weighted by molar-refractivity contribution is 0.292. The van der Waals surface area contributed by atoms with Crippen LogP contribution < -0.4 is 21.3 Å². The number of hydrogen-bond donors (Lipinski definition) is 4. The van der Waals surface area contributed by atoms with E-state index < -0.39 is 0 Å². The van der Waals surface area contributed by atoms with E-state index in [4.69, 9.17) is 15.7 Å². The average molecular weight is 214 g/mol. The second kappa shape index (κ2) is 5.94. The maximum Gasteiger partial charge on any atom is 0.322 e. The molecule has 8 nitrogen and oxygen atoms in total. The summed E-state index contributed by atoms with van der Waals surface area (Å²) in [5.74, 6) is 5.74. The standard InChI is InChI=1S/C7H14N6O2/c1-15-7-11-5(9-3-2-4-14)10-6(12-7)13-8/h14H,2-4,8H2,1H3,(H2,9,10,11,12,13). The first kappa shape index (κ1) is 11.4. The van der Waals surface area contributed by atoms with Crippen molar-refractivity contribution in [1.82, 2.24) is 15.0 Å². The number of anilines is 2. The van der Waals surface area contributed by atoms with Crippen LogP contribution in [-0.4, -0.2) is 40.3 Å². The van der Waals surface area contributed by atoms with E-state index in [0.717, 1.165) is 0 Å². The Balaban J connectivity index is 2.68. The maximum atomic E-state index is 8.60. The lowest BCUT2D eigenvalue weighted by Gasteiger charge is -2.06. The number of nitrogens with two attached hydrogens (primary N) is 1. The average Bonchev–Trinajstić information content (AvgIpc) is 2.29. The lowest BCUT2D eigenvalue weighted by Crippen LogP contribution is -2.14. The van der Waals surface area contributed by atoms with Crippen molar-refractivity contribution < 1.29 is 9.84 Å². The van der Waals surface area contributed by atoms with Gasteiger partial charge in [0.2, 0.25) is 11.9 Å². The number of rotatable bonds is 6. The fourth-order valence-electron chi connectivity index (χ4n) is 0.871. The van der Waals surface area contributed by atoms with Crippen LogP contribution in [0.1, 0.15) is 6.42 Å². The Labute approximate surface area is 86.9 Å². The van der Waals surface area contributed by atoms with Crippen LogP contribution in [0.2, 0.25) is 0 Å². The largest absolute Gasteiger partial charge is 0.467 e. The van der Waals surface area contributed by atoms with Gasteiger partial charge >= 0.3 is 6.01 Å². The second-order valence-corrected chi connectivity index (χ2v) is 2.62. The molecule has 0 atom stereocenters. The van der Waals surface area contributed by atoms with Crippen LogP contribution in [0, 0.1) is 0 Å². The molecule has 0 saturated heterocycles. The zero-order valence-electron chi connectivity index (χ0n) is 8.40. The summed E-state index contributed by atoms with van der Waals surface area (Å²) in [6.45, 7) is 0.672. The molecule has 0 fully saturated rings. The molecule has 0 aliphatic heterocycles. The fourth-order valence-corrected chi connectivity index (χ4v) is 0.871. The molecular weight excluding hydrogens is 200 g/mol. The van der Waals surface area contributed by atoms with Gasteiger partial charge in [-0.25, -0.2) is 5.84 Å². The van der Waals surface area contributed by atoms with E-state index in [1.54, 1.807) is 0 Å². The molecule has 0 amide bonds. The van der Waals surface area contributed by atoms with Crippen molar-refractivity contribution in [2.75, 3.05) is 31.0 Å². The lowest BCUT2D eigenvalue weighted by atomic mass is 10.4. The Kier molecular flexibility index (Phi) is 4.51. The topological polar surface area (TPSA) is 118 Å². The van der Waals surface area contributed by atoms with Gasteiger partial charge in [-0.1, -0.05) is 0 Å². The van der Waals surface area contributed by atoms with Crippen molar-refractivity contribution in [3.63, 3.8) is 0 Å². The summed E-state index contributed by atoms with van der Waals surface area (Å²) >= 11 is 0. The number of ether oxygens (including phenoxy) is 1. The number of nitrogens with zero attached hydrogens (tertiary/aromatic N) is 3. The van der Waals surface area contributed by atoms with Crippen molar-refractivity contribution in [2.24, 2.45) is 5.84 Å². The van der Waals surface area contributed by atoms with Gasteiger partial charge in [-0.15, -0.1) is 0 Å². The Hall–Kier alpha value is -1.67. The molecule has 15 heavy (non-hydrogen) atoms. The molecule has 1 aromatic heterocycles. The van der Waals surface area contributed by atoms with Gasteiger partial charge in [0, 0.05) is 13.2 Å². The molecule has 1 rings (SSSR count). The predicted octanol–water partition coefficient (Wildman–Crippen LogP) is -1.04. The van der Waals surface area contributed by atoms with Gasteiger partial charge in [0.1, 0.15) is 0 Å². The van der Waals surface area contributed by atoms with Crippen molar-refractivity contribution in [3.8, 4) is 6.01 Å². The molecule has 0 radical (unpaired) electrons. The van der Waals surface area contributed by atoms with Crippen LogP contribution in [0.4, 0.5) is 11.9 Å². The highest BCUT2D eigenvalue weighted by Gasteiger charge is 2.04. The van der Waals surface area contributed by atoms with Gasteiger partial charge in [0.25, 0.3) is 0 Å². The molecule has 0 aliphatic carbocycles. The Morgan fingerprint density at radius 1 is 1.33 bits per heavy atom. The molecule has 0 spiro atoms. The molecule has 8 heteroatoms. The van der Waals surface area contributed by atoms with Crippen LogP contribution in [0.15, 0.2) is 0 Å². The molecular formula is C7H14N6O2. The van der Waals surface area contributed by atoms with Crippen molar-refractivity contribution in [3.05, 3.63) is 0 Å². The monoisotopic (exact) mass is 214 g/mol. The normalized spacial score (nSPS) is 9.80. The Morgan fingerprint density at radius 2 is 2.07 bits per heavy atom. The molecule has 0 aliphatic rings. The second-order valence-electron chi connectivity index (χ2n) is 2.62. The molecule has 0 bridgehead atoms. The highest BCUT2D eigenvalue weighted by molar-refractivity contribution is 5.34. The van der Waals surface area contributed by atoms with E-state index in [0.29, 0.717) is 18.9 Å². The fraction of sp³-hybridized carbons (Fsp3) is 0.571. The van der Waals surface area contributed by atoms with Crippen LogP contribution >= 0.6 is 0 Å².